The van der Waals surface area contributed by atoms with E-state index in [9.17, 15) is 5.26 Å². The summed E-state index contributed by atoms with van der Waals surface area (Å²) in [5.74, 6) is 0. The summed E-state index contributed by atoms with van der Waals surface area (Å²) >= 11 is 0. The lowest BCUT2D eigenvalue weighted by atomic mass is 10.0. The molecular weight excluding hydrogens is 222 g/mol. The van der Waals surface area contributed by atoms with Gasteiger partial charge in [-0.1, -0.05) is 31.2 Å². The summed E-state index contributed by atoms with van der Waals surface area (Å²) in [6.07, 6.45) is 0. The molecule has 1 unspecified atom stereocenters. The van der Waals surface area contributed by atoms with Gasteiger partial charge in [-0.05, 0) is 24.6 Å². The first-order valence-corrected chi connectivity index (χ1v) is 6.67. The number of nitriles is 1. The van der Waals surface area contributed by atoms with Crippen molar-refractivity contribution >= 4 is 0 Å². The molecule has 1 saturated heterocycles. The molecule has 1 atom stereocenters. The minimum absolute atomic E-state index is 0.0924. The van der Waals surface area contributed by atoms with Gasteiger partial charge in [-0.3, -0.25) is 4.90 Å². The summed E-state index contributed by atoms with van der Waals surface area (Å²) in [5, 5.41) is 9.47. The second-order valence-corrected chi connectivity index (χ2v) is 4.86. The van der Waals surface area contributed by atoms with Crippen LogP contribution in [0, 0.1) is 18.3 Å². The zero-order valence-corrected chi connectivity index (χ0v) is 11.3. The van der Waals surface area contributed by atoms with Gasteiger partial charge in [0.2, 0.25) is 0 Å². The molecule has 0 spiro atoms. The fourth-order valence-corrected chi connectivity index (χ4v) is 2.58. The highest BCUT2D eigenvalue weighted by molar-refractivity contribution is 5.32. The Hall–Kier alpha value is -1.37. The Morgan fingerprint density at radius 3 is 2.44 bits per heavy atom. The summed E-state index contributed by atoms with van der Waals surface area (Å²) in [7, 11) is 0. The molecule has 1 aliphatic heterocycles. The predicted octanol–water partition coefficient (Wildman–Crippen LogP) is 2.20. The van der Waals surface area contributed by atoms with Crippen molar-refractivity contribution in [2.45, 2.75) is 19.9 Å². The Morgan fingerprint density at radius 2 is 1.89 bits per heavy atom. The van der Waals surface area contributed by atoms with Gasteiger partial charge in [-0.15, -0.1) is 0 Å². The van der Waals surface area contributed by atoms with E-state index in [2.05, 4.69) is 41.8 Å². The van der Waals surface area contributed by atoms with Crippen molar-refractivity contribution in [3.63, 3.8) is 0 Å². The summed E-state index contributed by atoms with van der Waals surface area (Å²) < 4.78 is 0. The van der Waals surface area contributed by atoms with Crippen molar-refractivity contribution in [2.75, 3.05) is 32.7 Å². The topological polar surface area (TPSA) is 30.3 Å². The zero-order chi connectivity index (χ0) is 13.0. The molecule has 0 saturated carbocycles. The van der Waals surface area contributed by atoms with Crippen molar-refractivity contribution in [1.29, 1.82) is 5.26 Å². The molecule has 0 bridgehead atoms. The van der Waals surface area contributed by atoms with E-state index in [4.69, 9.17) is 0 Å². The fraction of sp³-hybridized carbons (Fsp3) is 0.533. The van der Waals surface area contributed by atoms with Gasteiger partial charge in [0.05, 0.1) is 6.07 Å². The highest BCUT2D eigenvalue weighted by Crippen LogP contribution is 2.24. The van der Waals surface area contributed by atoms with Gasteiger partial charge < -0.3 is 4.90 Å². The molecule has 2 rings (SSSR count). The summed E-state index contributed by atoms with van der Waals surface area (Å²) in [6.45, 7) is 9.50. The highest BCUT2D eigenvalue weighted by Gasteiger charge is 2.24. The Balaban J connectivity index is 2.11. The third-order valence-electron chi connectivity index (χ3n) is 3.82. The lowest BCUT2D eigenvalue weighted by Crippen LogP contribution is -2.47. The van der Waals surface area contributed by atoms with Gasteiger partial charge in [-0.25, -0.2) is 0 Å². The molecular formula is C15H21N3. The van der Waals surface area contributed by atoms with Crippen LogP contribution < -0.4 is 0 Å². The Bertz CT molecular complexity index is 428. The second-order valence-electron chi connectivity index (χ2n) is 4.86. The van der Waals surface area contributed by atoms with E-state index in [1.807, 2.05) is 12.1 Å². The zero-order valence-electron chi connectivity index (χ0n) is 11.3. The number of likely N-dealkylation sites (N-methyl/N-ethyl adjacent to an activating group) is 1. The molecule has 1 heterocycles. The van der Waals surface area contributed by atoms with E-state index in [-0.39, 0.29) is 6.04 Å². The predicted molar refractivity (Wildman–Crippen MR) is 73.2 cm³/mol. The number of nitrogens with zero attached hydrogens (tertiary/aromatic N) is 3. The Kier molecular flexibility index (Phi) is 4.35. The number of hydrogen-bond acceptors (Lipinski definition) is 3. The third kappa shape index (κ3) is 2.72. The molecule has 0 amide bonds. The van der Waals surface area contributed by atoms with Gasteiger partial charge in [0.15, 0.2) is 0 Å². The molecule has 0 radical (unpaired) electrons. The van der Waals surface area contributed by atoms with Crippen LogP contribution >= 0.6 is 0 Å². The summed E-state index contributed by atoms with van der Waals surface area (Å²) in [5.41, 5.74) is 2.37. The van der Waals surface area contributed by atoms with Crippen molar-refractivity contribution in [3.8, 4) is 6.07 Å². The average molecular weight is 243 g/mol. The van der Waals surface area contributed by atoms with E-state index >= 15 is 0 Å². The Morgan fingerprint density at radius 1 is 1.22 bits per heavy atom. The molecule has 0 N–H and O–H groups in total. The first-order chi connectivity index (χ1) is 8.76. The maximum Gasteiger partial charge on any atom is 0.124 e. The maximum atomic E-state index is 9.47. The number of benzene rings is 1. The molecule has 3 heteroatoms. The van der Waals surface area contributed by atoms with E-state index in [1.54, 1.807) is 0 Å². The summed E-state index contributed by atoms with van der Waals surface area (Å²) in [6, 6.07) is 10.6. The van der Waals surface area contributed by atoms with Gasteiger partial charge >= 0.3 is 0 Å². The average Bonchev–Trinajstić information content (AvgIpc) is 2.42. The molecule has 1 fully saturated rings. The second kappa shape index (κ2) is 5.99. The molecule has 0 aromatic heterocycles. The lowest BCUT2D eigenvalue weighted by Gasteiger charge is -2.36. The van der Waals surface area contributed by atoms with Crippen LogP contribution in [0.1, 0.15) is 24.1 Å². The van der Waals surface area contributed by atoms with Crippen LogP contribution in [0.3, 0.4) is 0 Å². The van der Waals surface area contributed by atoms with E-state index in [0.717, 1.165) is 38.3 Å². The van der Waals surface area contributed by atoms with Crippen LogP contribution in [0.5, 0.6) is 0 Å². The van der Waals surface area contributed by atoms with Gasteiger partial charge in [0, 0.05) is 26.2 Å². The van der Waals surface area contributed by atoms with Crippen LogP contribution in [-0.4, -0.2) is 42.5 Å². The van der Waals surface area contributed by atoms with Crippen LogP contribution in [-0.2, 0) is 0 Å². The number of piperazine rings is 1. The van der Waals surface area contributed by atoms with Crippen molar-refractivity contribution < 1.29 is 0 Å². The van der Waals surface area contributed by atoms with Crippen LogP contribution in [0.2, 0.25) is 0 Å². The van der Waals surface area contributed by atoms with Crippen molar-refractivity contribution in [3.05, 3.63) is 35.4 Å². The molecule has 3 nitrogen and oxygen atoms in total. The summed E-state index contributed by atoms with van der Waals surface area (Å²) in [4.78, 5) is 4.73. The van der Waals surface area contributed by atoms with Gasteiger partial charge in [-0.2, -0.15) is 5.26 Å². The van der Waals surface area contributed by atoms with Crippen molar-refractivity contribution in [2.24, 2.45) is 0 Å². The van der Waals surface area contributed by atoms with E-state index in [0.29, 0.717) is 0 Å². The SMILES string of the molecule is CCN1CCN(C(C#N)c2ccccc2C)CC1. The third-order valence-corrected chi connectivity index (χ3v) is 3.82. The van der Waals surface area contributed by atoms with Crippen molar-refractivity contribution in [1.82, 2.24) is 9.80 Å². The number of rotatable bonds is 3. The monoisotopic (exact) mass is 243 g/mol. The van der Waals surface area contributed by atoms with Crippen LogP contribution in [0.15, 0.2) is 24.3 Å². The quantitative estimate of drug-likeness (QED) is 0.815. The minimum atomic E-state index is -0.0924. The van der Waals surface area contributed by atoms with E-state index < -0.39 is 0 Å². The first kappa shape index (κ1) is 13.1. The minimum Gasteiger partial charge on any atom is -0.301 e. The molecule has 0 aliphatic carbocycles. The molecule has 1 aliphatic rings. The molecule has 96 valence electrons. The van der Waals surface area contributed by atoms with Crippen LogP contribution in [0.4, 0.5) is 0 Å². The molecule has 1 aromatic rings. The van der Waals surface area contributed by atoms with Crippen LogP contribution in [0.25, 0.3) is 0 Å². The number of aryl methyl sites for hydroxylation is 1. The maximum absolute atomic E-state index is 9.47. The van der Waals surface area contributed by atoms with E-state index in [1.165, 1.54) is 5.56 Å². The molecule has 18 heavy (non-hydrogen) atoms. The van der Waals surface area contributed by atoms with Gasteiger partial charge in [0.1, 0.15) is 6.04 Å². The lowest BCUT2D eigenvalue weighted by molar-refractivity contribution is 0.118. The first-order valence-electron chi connectivity index (χ1n) is 6.67. The highest BCUT2D eigenvalue weighted by atomic mass is 15.3. The molecule has 1 aromatic carbocycles. The standard InChI is InChI=1S/C15H21N3/c1-3-17-8-10-18(11-9-17)15(12-16)14-7-5-4-6-13(14)2/h4-7,15H,3,8-11H2,1-2H3. The fourth-order valence-electron chi connectivity index (χ4n) is 2.58. The van der Waals surface area contributed by atoms with Gasteiger partial charge in [0.25, 0.3) is 0 Å². The normalized spacial score (nSPS) is 19.4. The largest absolute Gasteiger partial charge is 0.301 e. The smallest absolute Gasteiger partial charge is 0.124 e. The number of hydrogen-bond donors (Lipinski definition) is 0. The Labute approximate surface area is 110 Å².